The maximum atomic E-state index is 11.1. The number of H-pyrrole nitrogens is 1. The average molecular weight is 214 g/mol. The lowest BCUT2D eigenvalue weighted by molar-refractivity contribution is 0.101. The second-order valence-corrected chi connectivity index (χ2v) is 3.75. The molecule has 16 heavy (non-hydrogen) atoms. The first-order valence-corrected chi connectivity index (χ1v) is 5.36. The Labute approximate surface area is 94.5 Å². The topological polar surface area (TPSA) is 45.8 Å². The molecule has 0 aliphatic rings. The van der Waals surface area contributed by atoms with E-state index in [1.165, 1.54) is 12.5 Å². The first kappa shape index (κ1) is 10.6. The first-order valence-electron chi connectivity index (χ1n) is 5.36. The van der Waals surface area contributed by atoms with Crippen LogP contribution in [0.25, 0.3) is 11.4 Å². The van der Waals surface area contributed by atoms with Crippen molar-refractivity contribution in [1.82, 2.24) is 9.97 Å². The molecule has 0 unspecified atom stereocenters. The number of carbonyl (C=O) groups excluding carboxylic acids is 1. The molecule has 0 radical (unpaired) electrons. The van der Waals surface area contributed by atoms with Crippen molar-refractivity contribution in [3.8, 4) is 11.4 Å². The number of ketones is 1. The number of benzene rings is 1. The summed E-state index contributed by atoms with van der Waals surface area (Å²) in [5, 5.41) is 0. The Morgan fingerprint density at radius 3 is 2.50 bits per heavy atom. The smallest absolute Gasteiger partial charge is 0.177 e. The van der Waals surface area contributed by atoms with E-state index in [2.05, 4.69) is 29.0 Å². The second kappa shape index (κ2) is 4.31. The van der Waals surface area contributed by atoms with Gasteiger partial charge in [-0.05, 0) is 12.0 Å². The van der Waals surface area contributed by atoms with Crippen LogP contribution in [0.3, 0.4) is 0 Å². The fraction of sp³-hybridized carbons (Fsp3) is 0.231. The van der Waals surface area contributed by atoms with Crippen LogP contribution in [0.15, 0.2) is 30.5 Å². The SMILES string of the molecule is CCc1ccc(-c2ncc(C(C)=O)[nH]2)cc1. The second-order valence-electron chi connectivity index (χ2n) is 3.75. The van der Waals surface area contributed by atoms with Crippen LogP contribution in [-0.4, -0.2) is 15.8 Å². The standard InChI is InChI=1S/C13H14N2O/c1-3-10-4-6-11(7-5-10)13-14-8-12(15-13)9(2)16/h4-8H,3H2,1-2H3,(H,14,15). The molecule has 82 valence electrons. The molecule has 1 N–H and O–H groups in total. The van der Waals surface area contributed by atoms with Gasteiger partial charge in [-0.3, -0.25) is 4.79 Å². The van der Waals surface area contributed by atoms with E-state index in [1.54, 1.807) is 6.20 Å². The van der Waals surface area contributed by atoms with Gasteiger partial charge in [0.25, 0.3) is 0 Å². The van der Waals surface area contributed by atoms with Gasteiger partial charge >= 0.3 is 0 Å². The van der Waals surface area contributed by atoms with Gasteiger partial charge in [0.2, 0.25) is 0 Å². The highest BCUT2D eigenvalue weighted by atomic mass is 16.1. The van der Waals surface area contributed by atoms with Gasteiger partial charge in [0.05, 0.1) is 6.20 Å². The summed E-state index contributed by atoms with van der Waals surface area (Å²) in [4.78, 5) is 18.3. The molecule has 0 aliphatic carbocycles. The monoisotopic (exact) mass is 214 g/mol. The molecule has 0 spiro atoms. The number of aryl methyl sites for hydroxylation is 1. The van der Waals surface area contributed by atoms with Gasteiger partial charge in [-0.15, -0.1) is 0 Å². The summed E-state index contributed by atoms with van der Waals surface area (Å²) in [5.74, 6) is 0.747. The number of aromatic amines is 1. The molecule has 2 rings (SSSR count). The predicted molar refractivity (Wildman–Crippen MR) is 63.4 cm³/mol. The molecule has 0 bridgehead atoms. The lowest BCUT2D eigenvalue weighted by Crippen LogP contribution is -1.91. The van der Waals surface area contributed by atoms with Crippen LogP contribution in [0.5, 0.6) is 0 Å². The molecule has 2 aromatic rings. The van der Waals surface area contributed by atoms with Gasteiger partial charge in [0.1, 0.15) is 11.5 Å². The van der Waals surface area contributed by atoms with Gasteiger partial charge in [0, 0.05) is 12.5 Å². The van der Waals surface area contributed by atoms with Crippen molar-refractivity contribution >= 4 is 5.78 Å². The zero-order chi connectivity index (χ0) is 11.5. The van der Waals surface area contributed by atoms with Crippen LogP contribution in [0.1, 0.15) is 29.9 Å². The van der Waals surface area contributed by atoms with E-state index in [0.717, 1.165) is 17.8 Å². The maximum Gasteiger partial charge on any atom is 0.177 e. The Balaban J connectivity index is 2.31. The highest BCUT2D eigenvalue weighted by Crippen LogP contribution is 2.16. The lowest BCUT2D eigenvalue weighted by atomic mass is 10.1. The summed E-state index contributed by atoms with van der Waals surface area (Å²) in [6.45, 7) is 3.65. The number of nitrogens with one attached hydrogen (secondary N) is 1. The molecule has 0 saturated heterocycles. The minimum atomic E-state index is 0.00364. The highest BCUT2D eigenvalue weighted by molar-refractivity contribution is 5.92. The lowest BCUT2D eigenvalue weighted by Gasteiger charge is -1.99. The van der Waals surface area contributed by atoms with Gasteiger partial charge in [0.15, 0.2) is 5.78 Å². The molecule has 3 nitrogen and oxygen atoms in total. The minimum absolute atomic E-state index is 0.00364. The molecule has 0 aliphatic heterocycles. The molecule has 1 heterocycles. The number of imidazole rings is 1. The van der Waals surface area contributed by atoms with Crippen molar-refractivity contribution in [2.45, 2.75) is 20.3 Å². The van der Waals surface area contributed by atoms with Crippen LogP contribution < -0.4 is 0 Å². The Morgan fingerprint density at radius 2 is 2.00 bits per heavy atom. The molecule has 1 aromatic carbocycles. The third-order valence-electron chi connectivity index (χ3n) is 2.59. The number of rotatable bonds is 3. The normalized spacial score (nSPS) is 10.4. The van der Waals surface area contributed by atoms with Crippen LogP contribution >= 0.6 is 0 Å². The van der Waals surface area contributed by atoms with Crippen LogP contribution in [0.2, 0.25) is 0 Å². The summed E-state index contributed by atoms with van der Waals surface area (Å²) >= 11 is 0. The van der Waals surface area contributed by atoms with E-state index in [0.29, 0.717) is 5.69 Å². The van der Waals surface area contributed by atoms with Gasteiger partial charge < -0.3 is 4.98 Å². The van der Waals surface area contributed by atoms with E-state index in [1.807, 2.05) is 12.1 Å². The molecule has 3 heteroatoms. The molecular formula is C13H14N2O. The summed E-state index contributed by atoms with van der Waals surface area (Å²) < 4.78 is 0. The molecular weight excluding hydrogens is 200 g/mol. The Kier molecular flexibility index (Phi) is 2.86. The number of Topliss-reactive ketones (excluding diaryl/α,β-unsaturated/α-hetero) is 1. The predicted octanol–water partition coefficient (Wildman–Crippen LogP) is 2.84. The number of hydrogen-bond donors (Lipinski definition) is 1. The van der Waals surface area contributed by atoms with Crippen molar-refractivity contribution in [2.75, 3.05) is 0 Å². The molecule has 0 atom stereocenters. The number of carbonyl (C=O) groups is 1. The van der Waals surface area contributed by atoms with Crippen molar-refractivity contribution in [3.63, 3.8) is 0 Å². The van der Waals surface area contributed by atoms with Crippen molar-refractivity contribution in [3.05, 3.63) is 41.7 Å². The fourth-order valence-electron chi connectivity index (χ4n) is 1.55. The molecule has 0 amide bonds. The zero-order valence-electron chi connectivity index (χ0n) is 9.45. The minimum Gasteiger partial charge on any atom is -0.336 e. The van der Waals surface area contributed by atoms with Crippen LogP contribution in [-0.2, 0) is 6.42 Å². The van der Waals surface area contributed by atoms with E-state index >= 15 is 0 Å². The first-order chi connectivity index (χ1) is 7.70. The van der Waals surface area contributed by atoms with Crippen molar-refractivity contribution in [2.24, 2.45) is 0 Å². The summed E-state index contributed by atoms with van der Waals surface area (Å²) in [5.41, 5.74) is 2.85. The molecule has 1 aromatic heterocycles. The van der Waals surface area contributed by atoms with Crippen LogP contribution in [0.4, 0.5) is 0 Å². The highest BCUT2D eigenvalue weighted by Gasteiger charge is 2.06. The maximum absolute atomic E-state index is 11.1. The number of aromatic nitrogens is 2. The number of hydrogen-bond acceptors (Lipinski definition) is 2. The largest absolute Gasteiger partial charge is 0.336 e. The third-order valence-corrected chi connectivity index (χ3v) is 2.59. The Morgan fingerprint density at radius 1 is 1.31 bits per heavy atom. The van der Waals surface area contributed by atoms with Crippen LogP contribution in [0, 0.1) is 0 Å². The molecule has 0 fully saturated rings. The van der Waals surface area contributed by atoms with E-state index in [9.17, 15) is 4.79 Å². The van der Waals surface area contributed by atoms with Crippen molar-refractivity contribution < 1.29 is 4.79 Å². The summed E-state index contributed by atoms with van der Waals surface area (Å²) in [6, 6.07) is 8.18. The van der Waals surface area contributed by atoms with E-state index in [-0.39, 0.29) is 5.78 Å². The van der Waals surface area contributed by atoms with Gasteiger partial charge in [-0.2, -0.15) is 0 Å². The summed E-state index contributed by atoms with van der Waals surface area (Å²) in [6.07, 6.45) is 2.60. The third kappa shape index (κ3) is 2.03. The number of nitrogens with zero attached hydrogens (tertiary/aromatic N) is 1. The Hall–Kier alpha value is -1.90. The molecule has 0 saturated carbocycles. The fourth-order valence-corrected chi connectivity index (χ4v) is 1.55. The summed E-state index contributed by atoms with van der Waals surface area (Å²) in [7, 11) is 0. The van der Waals surface area contributed by atoms with E-state index < -0.39 is 0 Å². The zero-order valence-corrected chi connectivity index (χ0v) is 9.45. The average Bonchev–Trinajstić information content (AvgIpc) is 2.78. The van der Waals surface area contributed by atoms with E-state index in [4.69, 9.17) is 0 Å². The van der Waals surface area contributed by atoms with Gasteiger partial charge in [-0.25, -0.2) is 4.98 Å². The Bertz CT molecular complexity index is 497. The quantitative estimate of drug-likeness (QED) is 0.798. The van der Waals surface area contributed by atoms with Crippen molar-refractivity contribution in [1.29, 1.82) is 0 Å². The van der Waals surface area contributed by atoms with Gasteiger partial charge in [-0.1, -0.05) is 31.2 Å².